The minimum atomic E-state index is -0.343. The number of amides is 3. The maximum atomic E-state index is 11.4. The molecule has 1 heterocycles. The highest BCUT2D eigenvalue weighted by molar-refractivity contribution is 6.13. The van der Waals surface area contributed by atoms with Crippen molar-refractivity contribution in [2.75, 3.05) is 13.1 Å². The van der Waals surface area contributed by atoms with Crippen LogP contribution in [-0.4, -0.2) is 35.7 Å². The first-order valence-electron chi connectivity index (χ1n) is 5.81. The summed E-state index contributed by atoms with van der Waals surface area (Å²) in [6, 6.07) is 0. The molecule has 0 saturated carbocycles. The number of carbonyl (C=O) groups excluding carboxylic acids is 3. The molecule has 0 radical (unpaired) electrons. The molecule has 1 aliphatic heterocycles. The summed E-state index contributed by atoms with van der Waals surface area (Å²) in [6.45, 7) is 4.95. The van der Waals surface area contributed by atoms with Crippen molar-refractivity contribution in [3.63, 3.8) is 0 Å². The zero-order chi connectivity index (χ0) is 12.8. The van der Waals surface area contributed by atoms with E-state index in [9.17, 15) is 14.4 Å². The van der Waals surface area contributed by atoms with E-state index in [2.05, 4.69) is 19.2 Å². The summed E-state index contributed by atoms with van der Waals surface area (Å²) in [6.07, 6.45) is 3.53. The standard InChI is InChI=1S/C12H18N2O3.H2/c1-9(2)5-7-13-10(15)6-8-14-11(16)3-4-12(14)17;/h3-4,9H,5-8H2,1-2H3,(H,13,15);1H. The zero-order valence-corrected chi connectivity index (χ0v) is 10.2. The van der Waals surface area contributed by atoms with E-state index in [0.717, 1.165) is 11.3 Å². The van der Waals surface area contributed by atoms with Gasteiger partial charge in [0.2, 0.25) is 5.91 Å². The summed E-state index contributed by atoms with van der Waals surface area (Å²) in [5, 5.41) is 2.76. The molecular weight excluding hydrogens is 220 g/mol. The SMILES string of the molecule is CC(C)CCNC(=O)CCN1C(=O)C=CC1=O.[HH]. The van der Waals surface area contributed by atoms with Gasteiger partial charge < -0.3 is 5.32 Å². The average molecular weight is 240 g/mol. The molecule has 0 unspecified atom stereocenters. The van der Waals surface area contributed by atoms with Crippen molar-refractivity contribution in [1.29, 1.82) is 0 Å². The van der Waals surface area contributed by atoms with Gasteiger partial charge in [0, 0.05) is 33.1 Å². The van der Waals surface area contributed by atoms with Crippen LogP contribution in [0.2, 0.25) is 0 Å². The summed E-state index contributed by atoms with van der Waals surface area (Å²) in [4.78, 5) is 34.9. The Morgan fingerprint density at radius 1 is 1.35 bits per heavy atom. The number of nitrogens with one attached hydrogen (secondary N) is 1. The van der Waals surface area contributed by atoms with E-state index in [-0.39, 0.29) is 32.1 Å². The lowest BCUT2D eigenvalue weighted by atomic mass is 10.1. The van der Waals surface area contributed by atoms with Gasteiger partial charge in [0.25, 0.3) is 11.8 Å². The fourth-order valence-electron chi connectivity index (χ4n) is 1.45. The lowest BCUT2D eigenvalue weighted by Gasteiger charge is -2.13. The van der Waals surface area contributed by atoms with Crippen LogP contribution in [0.15, 0.2) is 12.2 Å². The number of hydrogen-bond donors (Lipinski definition) is 1. The third kappa shape index (κ3) is 4.38. The molecule has 0 aromatic heterocycles. The Morgan fingerprint density at radius 3 is 2.47 bits per heavy atom. The first-order valence-corrected chi connectivity index (χ1v) is 5.81. The van der Waals surface area contributed by atoms with Gasteiger partial charge in [0.05, 0.1) is 0 Å². The molecule has 5 heteroatoms. The topological polar surface area (TPSA) is 66.5 Å². The van der Waals surface area contributed by atoms with Crippen molar-refractivity contribution in [2.24, 2.45) is 5.92 Å². The maximum Gasteiger partial charge on any atom is 0.253 e. The van der Waals surface area contributed by atoms with Crippen molar-refractivity contribution in [3.8, 4) is 0 Å². The molecule has 0 aromatic rings. The molecule has 17 heavy (non-hydrogen) atoms. The third-order valence-electron chi connectivity index (χ3n) is 2.51. The van der Waals surface area contributed by atoms with Gasteiger partial charge in [-0.1, -0.05) is 13.8 Å². The second kappa shape index (κ2) is 6.18. The van der Waals surface area contributed by atoms with Crippen molar-refractivity contribution in [2.45, 2.75) is 26.7 Å². The molecule has 3 amide bonds. The highest BCUT2D eigenvalue weighted by Crippen LogP contribution is 2.04. The van der Waals surface area contributed by atoms with Crippen LogP contribution in [0.3, 0.4) is 0 Å². The van der Waals surface area contributed by atoms with Crippen LogP contribution in [-0.2, 0) is 14.4 Å². The number of carbonyl (C=O) groups is 3. The van der Waals surface area contributed by atoms with Crippen LogP contribution < -0.4 is 5.32 Å². The first-order chi connectivity index (χ1) is 8.00. The van der Waals surface area contributed by atoms with Crippen molar-refractivity contribution < 1.29 is 15.8 Å². The third-order valence-corrected chi connectivity index (χ3v) is 2.51. The van der Waals surface area contributed by atoms with Gasteiger partial charge in [-0.25, -0.2) is 0 Å². The minimum Gasteiger partial charge on any atom is -0.356 e. The normalized spacial score (nSPS) is 14.9. The van der Waals surface area contributed by atoms with E-state index < -0.39 is 0 Å². The first kappa shape index (κ1) is 13.4. The Morgan fingerprint density at radius 2 is 1.94 bits per heavy atom. The second-order valence-electron chi connectivity index (χ2n) is 4.44. The van der Waals surface area contributed by atoms with Crippen LogP contribution in [0.1, 0.15) is 28.1 Å². The van der Waals surface area contributed by atoms with Gasteiger partial charge in [-0.15, -0.1) is 0 Å². The van der Waals surface area contributed by atoms with E-state index >= 15 is 0 Å². The predicted octanol–water partition coefficient (Wildman–Crippen LogP) is 0.710. The smallest absolute Gasteiger partial charge is 0.253 e. The summed E-state index contributed by atoms with van der Waals surface area (Å²) >= 11 is 0. The van der Waals surface area contributed by atoms with Gasteiger partial charge in [0.15, 0.2) is 0 Å². The Labute approximate surface area is 102 Å². The van der Waals surface area contributed by atoms with Crippen LogP contribution in [0.25, 0.3) is 0 Å². The molecule has 0 spiro atoms. The minimum absolute atomic E-state index is 0. The molecular formula is C12H20N2O3. The highest BCUT2D eigenvalue weighted by atomic mass is 16.2. The number of rotatable bonds is 6. The largest absolute Gasteiger partial charge is 0.356 e. The highest BCUT2D eigenvalue weighted by Gasteiger charge is 2.23. The van der Waals surface area contributed by atoms with Gasteiger partial charge in [0.1, 0.15) is 0 Å². The van der Waals surface area contributed by atoms with Crippen LogP contribution in [0.5, 0.6) is 0 Å². The summed E-state index contributed by atoms with van der Waals surface area (Å²) in [7, 11) is 0. The van der Waals surface area contributed by atoms with Crippen molar-refractivity contribution in [3.05, 3.63) is 12.2 Å². The number of imide groups is 1. The maximum absolute atomic E-state index is 11.4. The molecule has 0 fully saturated rings. The van der Waals surface area contributed by atoms with E-state index in [0.29, 0.717) is 12.5 Å². The van der Waals surface area contributed by atoms with Crippen LogP contribution in [0.4, 0.5) is 0 Å². The quantitative estimate of drug-likeness (QED) is 0.695. The lowest BCUT2D eigenvalue weighted by molar-refractivity contribution is -0.137. The zero-order valence-electron chi connectivity index (χ0n) is 10.2. The predicted molar refractivity (Wildman–Crippen MR) is 65.1 cm³/mol. The molecule has 0 aliphatic carbocycles. The molecule has 1 aliphatic rings. The van der Waals surface area contributed by atoms with Crippen molar-refractivity contribution in [1.82, 2.24) is 10.2 Å². The molecule has 0 atom stereocenters. The molecule has 0 saturated heterocycles. The van der Waals surface area contributed by atoms with Gasteiger partial charge in [-0.05, 0) is 12.3 Å². The lowest BCUT2D eigenvalue weighted by Crippen LogP contribution is -2.35. The monoisotopic (exact) mass is 240 g/mol. The summed E-state index contributed by atoms with van der Waals surface area (Å²) in [5.41, 5.74) is 0. The molecule has 0 aromatic carbocycles. The van der Waals surface area contributed by atoms with Crippen molar-refractivity contribution >= 4 is 17.7 Å². The van der Waals surface area contributed by atoms with Gasteiger partial charge in [-0.2, -0.15) is 0 Å². The Kier molecular flexibility index (Phi) is 4.87. The van der Waals surface area contributed by atoms with Crippen LogP contribution >= 0.6 is 0 Å². The summed E-state index contributed by atoms with van der Waals surface area (Å²) < 4.78 is 0. The fraction of sp³-hybridized carbons (Fsp3) is 0.583. The Hall–Kier alpha value is -1.65. The number of hydrogen-bond acceptors (Lipinski definition) is 3. The molecule has 0 bridgehead atoms. The Bertz CT molecular complexity index is 335. The molecule has 1 rings (SSSR count). The van der Waals surface area contributed by atoms with E-state index in [1.54, 1.807) is 0 Å². The molecule has 1 N–H and O–H groups in total. The van der Waals surface area contributed by atoms with E-state index in [1.165, 1.54) is 12.2 Å². The summed E-state index contributed by atoms with van der Waals surface area (Å²) in [5.74, 6) is -0.269. The average Bonchev–Trinajstić information content (AvgIpc) is 2.55. The van der Waals surface area contributed by atoms with E-state index in [1.807, 2.05) is 0 Å². The van der Waals surface area contributed by atoms with E-state index in [4.69, 9.17) is 0 Å². The number of nitrogens with zero attached hydrogens (tertiary/aromatic N) is 1. The fourth-order valence-corrected chi connectivity index (χ4v) is 1.45. The van der Waals surface area contributed by atoms with Gasteiger partial charge in [-0.3, -0.25) is 19.3 Å². The Balaban J connectivity index is 0.00000289. The van der Waals surface area contributed by atoms with Crippen LogP contribution in [0, 0.1) is 5.92 Å². The second-order valence-corrected chi connectivity index (χ2v) is 4.44. The molecule has 5 nitrogen and oxygen atoms in total. The van der Waals surface area contributed by atoms with Gasteiger partial charge >= 0.3 is 0 Å². The molecule has 96 valence electrons.